The van der Waals surface area contributed by atoms with Crippen molar-refractivity contribution in [3.63, 3.8) is 0 Å². The number of rotatable bonds is 6. The van der Waals surface area contributed by atoms with Crippen LogP contribution in [0.4, 0.5) is 16.2 Å². The molecule has 2 aromatic carbocycles. The molecule has 0 saturated heterocycles. The average molecular weight is 408 g/mol. The van der Waals surface area contributed by atoms with Gasteiger partial charge in [-0.15, -0.1) is 0 Å². The fraction of sp³-hybridized carbons (Fsp3) is 0.375. The van der Waals surface area contributed by atoms with E-state index >= 15 is 0 Å². The van der Waals surface area contributed by atoms with Crippen molar-refractivity contribution in [2.45, 2.75) is 39.2 Å². The number of methoxy groups -OCH3 is 1. The Labute approximate surface area is 177 Å². The highest BCUT2D eigenvalue weighted by Gasteiger charge is 2.18. The fourth-order valence-corrected chi connectivity index (χ4v) is 4.39. The summed E-state index contributed by atoms with van der Waals surface area (Å²) in [7, 11) is 1.66. The summed E-state index contributed by atoms with van der Waals surface area (Å²) in [6.45, 7) is 3.34. The number of carbonyl (C=O) groups excluding carboxylic acids is 1. The number of nitrogen functional groups attached to an aromatic ring is 1. The number of nitrogens with two attached hydrogens (primary N) is 1. The van der Waals surface area contributed by atoms with Gasteiger partial charge in [0, 0.05) is 29.2 Å². The normalized spacial score (nSPS) is 14.2. The third-order valence-electron chi connectivity index (χ3n) is 5.93. The molecule has 30 heavy (non-hydrogen) atoms. The number of hydrogen-bond acceptors (Lipinski definition) is 4. The van der Waals surface area contributed by atoms with Gasteiger partial charge in [0.05, 0.1) is 30.6 Å². The van der Waals surface area contributed by atoms with Crippen LogP contribution in [-0.2, 0) is 11.3 Å². The molecular weight excluding hydrogens is 378 g/mol. The van der Waals surface area contributed by atoms with E-state index in [1.54, 1.807) is 7.11 Å². The lowest BCUT2D eigenvalue weighted by Crippen LogP contribution is -2.17. The topological polar surface area (TPSA) is 78.5 Å². The molecule has 0 atom stereocenters. The smallest absolute Gasteiger partial charge is 0.411 e. The lowest BCUT2D eigenvalue weighted by molar-refractivity contribution is 0.142. The maximum atomic E-state index is 12.2. The van der Waals surface area contributed by atoms with Crippen molar-refractivity contribution >= 4 is 28.4 Å². The first-order valence-corrected chi connectivity index (χ1v) is 10.6. The van der Waals surface area contributed by atoms with E-state index < -0.39 is 6.09 Å². The van der Waals surface area contributed by atoms with Crippen LogP contribution in [0.25, 0.3) is 22.2 Å². The molecule has 1 saturated carbocycles. The Balaban J connectivity index is 1.59. The third kappa shape index (κ3) is 3.95. The summed E-state index contributed by atoms with van der Waals surface area (Å²) in [4.78, 5) is 12.2. The highest BCUT2D eigenvalue weighted by atomic mass is 16.5. The van der Waals surface area contributed by atoms with Gasteiger partial charge in [0.1, 0.15) is 5.75 Å². The Morgan fingerprint density at radius 1 is 1.20 bits per heavy atom. The van der Waals surface area contributed by atoms with Crippen LogP contribution in [0.15, 0.2) is 42.5 Å². The van der Waals surface area contributed by atoms with Crippen LogP contribution in [0.1, 0.15) is 32.6 Å². The van der Waals surface area contributed by atoms with Gasteiger partial charge in [-0.2, -0.15) is 0 Å². The number of fused-ring (bicyclic) bond motifs is 1. The molecule has 4 rings (SSSR count). The quantitative estimate of drug-likeness (QED) is 0.553. The van der Waals surface area contributed by atoms with E-state index in [1.807, 2.05) is 42.5 Å². The zero-order valence-electron chi connectivity index (χ0n) is 17.6. The number of nitrogens with zero attached hydrogens (tertiary/aromatic N) is 1. The van der Waals surface area contributed by atoms with Gasteiger partial charge < -0.3 is 19.8 Å². The van der Waals surface area contributed by atoms with Crippen LogP contribution >= 0.6 is 0 Å². The molecule has 1 aliphatic rings. The molecule has 3 aromatic rings. The number of nitrogens with one attached hydrogen (secondary N) is 1. The minimum atomic E-state index is -0.409. The molecule has 1 aromatic heterocycles. The van der Waals surface area contributed by atoms with Crippen LogP contribution in [-0.4, -0.2) is 24.4 Å². The number of amides is 1. The molecule has 1 aliphatic carbocycles. The summed E-state index contributed by atoms with van der Waals surface area (Å²) in [5.74, 6) is 1.29. The molecule has 6 heteroatoms. The summed E-state index contributed by atoms with van der Waals surface area (Å²) in [5.41, 5.74) is 10.8. The van der Waals surface area contributed by atoms with Gasteiger partial charge in [0.25, 0.3) is 0 Å². The highest BCUT2D eigenvalue weighted by Crippen LogP contribution is 2.38. The Morgan fingerprint density at radius 3 is 2.73 bits per heavy atom. The number of hydrogen-bond donors (Lipinski definition) is 2. The number of benzene rings is 2. The van der Waals surface area contributed by atoms with Gasteiger partial charge in [-0.3, -0.25) is 5.32 Å². The number of aryl methyl sites for hydroxylation is 1. The third-order valence-corrected chi connectivity index (χ3v) is 5.93. The fourth-order valence-electron chi connectivity index (χ4n) is 4.39. The standard InChI is InChI=1S/C24H29N3O3/c1-3-27-21-14-19(29-2)11-12-20(21)22(25)23(27)17-9-6-10-18(13-17)26-24(28)30-15-16-7-4-5-8-16/h6,9-14,16H,3-5,7-8,15,25H2,1-2H3,(H,26,28). The molecule has 3 N–H and O–H groups in total. The lowest BCUT2D eigenvalue weighted by Gasteiger charge is -2.13. The van der Waals surface area contributed by atoms with Crippen molar-refractivity contribution in [3.05, 3.63) is 42.5 Å². The van der Waals surface area contributed by atoms with E-state index in [0.29, 0.717) is 18.2 Å². The van der Waals surface area contributed by atoms with Crippen molar-refractivity contribution < 1.29 is 14.3 Å². The number of carbonyl (C=O) groups is 1. The predicted octanol–water partition coefficient (Wildman–Crippen LogP) is 5.66. The summed E-state index contributed by atoms with van der Waals surface area (Å²) in [5, 5.41) is 3.84. The maximum Gasteiger partial charge on any atom is 0.411 e. The second-order valence-corrected chi connectivity index (χ2v) is 7.84. The van der Waals surface area contributed by atoms with Crippen LogP contribution in [0, 0.1) is 5.92 Å². The first-order valence-electron chi connectivity index (χ1n) is 10.6. The zero-order valence-corrected chi connectivity index (χ0v) is 17.6. The first-order chi connectivity index (χ1) is 14.6. The van der Waals surface area contributed by atoms with Crippen molar-refractivity contribution in [1.82, 2.24) is 4.57 Å². The maximum absolute atomic E-state index is 12.2. The molecule has 1 heterocycles. The molecular formula is C24H29N3O3. The summed E-state index contributed by atoms with van der Waals surface area (Å²) < 4.78 is 13.0. The van der Waals surface area contributed by atoms with Gasteiger partial charge in [-0.1, -0.05) is 25.0 Å². The Hall–Kier alpha value is -3.15. The van der Waals surface area contributed by atoms with E-state index in [9.17, 15) is 4.79 Å². The van der Waals surface area contributed by atoms with Crippen LogP contribution in [0.5, 0.6) is 5.75 Å². The van der Waals surface area contributed by atoms with Crippen molar-refractivity contribution in [2.24, 2.45) is 5.92 Å². The lowest BCUT2D eigenvalue weighted by atomic mass is 10.1. The monoisotopic (exact) mass is 407 g/mol. The van der Waals surface area contributed by atoms with Gasteiger partial charge in [0.15, 0.2) is 0 Å². The molecule has 0 unspecified atom stereocenters. The Bertz CT molecular complexity index is 1050. The van der Waals surface area contributed by atoms with E-state index in [2.05, 4.69) is 16.8 Å². The summed E-state index contributed by atoms with van der Waals surface area (Å²) >= 11 is 0. The summed E-state index contributed by atoms with van der Waals surface area (Å²) in [6.07, 6.45) is 4.35. The van der Waals surface area contributed by atoms with Crippen LogP contribution in [0.2, 0.25) is 0 Å². The number of anilines is 2. The minimum absolute atomic E-state index is 0.409. The van der Waals surface area contributed by atoms with Crippen molar-refractivity contribution in [3.8, 4) is 17.0 Å². The average Bonchev–Trinajstić information content (AvgIpc) is 3.38. The van der Waals surface area contributed by atoms with Crippen molar-refractivity contribution in [1.29, 1.82) is 0 Å². The molecule has 1 fully saturated rings. The summed E-state index contributed by atoms with van der Waals surface area (Å²) in [6, 6.07) is 13.6. The zero-order chi connectivity index (χ0) is 21.1. The second kappa shape index (κ2) is 8.69. The first kappa shape index (κ1) is 20.1. The van der Waals surface area contributed by atoms with E-state index in [1.165, 1.54) is 12.8 Å². The number of ether oxygens (including phenoxy) is 2. The SMILES string of the molecule is CCn1c(-c2cccc(NC(=O)OCC3CCCC3)c2)c(N)c2ccc(OC)cc21. The molecule has 6 nitrogen and oxygen atoms in total. The minimum Gasteiger partial charge on any atom is -0.497 e. The Kier molecular flexibility index (Phi) is 5.84. The molecule has 158 valence electrons. The molecule has 1 amide bonds. The van der Waals surface area contributed by atoms with E-state index in [4.69, 9.17) is 15.2 Å². The molecule has 0 radical (unpaired) electrons. The van der Waals surface area contributed by atoms with E-state index in [-0.39, 0.29) is 0 Å². The van der Waals surface area contributed by atoms with Crippen LogP contribution in [0.3, 0.4) is 0 Å². The van der Waals surface area contributed by atoms with Crippen LogP contribution < -0.4 is 15.8 Å². The van der Waals surface area contributed by atoms with E-state index in [0.717, 1.165) is 53.0 Å². The predicted molar refractivity (Wildman–Crippen MR) is 121 cm³/mol. The second-order valence-electron chi connectivity index (χ2n) is 7.84. The van der Waals surface area contributed by atoms with Crippen molar-refractivity contribution in [2.75, 3.05) is 24.8 Å². The van der Waals surface area contributed by atoms with Gasteiger partial charge >= 0.3 is 6.09 Å². The largest absolute Gasteiger partial charge is 0.497 e. The Morgan fingerprint density at radius 2 is 2.00 bits per heavy atom. The van der Waals surface area contributed by atoms with Gasteiger partial charge in [-0.25, -0.2) is 4.79 Å². The number of aromatic nitrogens is 1. The molecule has 0 bridgehead atoms. The van der Waals surface area contributed by atoms with Gasteiger partial charge in [-0.05, 0) is 49.9 Å². The highest BCUT2D eigenvalue weighted by molar-refractivity contribution is 6.02. The molecule has 0 spiro atoms. The van der Waals surface area contributed by atoms with Gasteiger partial charge in [0.2, 0.25) is 0 Å². The molecule has 0 aliphatic heterocycles.